The molecule has 0 unspecified atom stereocenters. The van der Waals surface area contributed by atoms with Gasteiger partial charge in [-0.1, -0.05) is 17.7 Å². The van der Waals surface area contributed by atoms with Crippen LogP contribution in [0.5, 0.6) is 0 Å². The summed E-state index contributed by atoms with van der Waals surface area (Å²) >= 11 is 6.19. The predicted molar refractivity (Wildman–Crippen MR) is 109 cm³/mol. The van der Waals surface area contributed by atoms with Gasteiger partial charge in [0, 0.05) is 37.5 Å². The van der Waals surface area contributed by atoms with Crippen molar-refractivity contribution in [1.82, 2.24) is 18.7 Å². The van der Waals surface area contributed by atoms with Crippen LogP contribution in [-0.4, -0.2) is 38.4 Å². The van der Waals surface area contributed by atoms with Crippen LogP contribution in [0.15, 0.2) is 27.8 Å². The van der Waals surface area contributed by atoms with Crippen LogP contribution in [0.3, 0.4) is 0 Å². The van der Waals surface area contributed by atoms with E-state index < -0.39 is 0 Å². The van der Waals surface area contributed by atoms with Crippen LogP contribution < -0.4 is 16.1 Å². The van der Waals surface area contributed by atoms with Crippen LogP contribution in [0.25, 0.3) is 11.2 Å². The van der Waals surface area contributed by atoms with E-state index in [0.717, 1.165) is 11.3 Å². The topological polar surface area (TPSA) is 74.3 Å². The first kappa shape index (κ1) is 18.8. The maximum atomic E-state index is 13.1. The molecule has 0 saturated heterocycles. The Labute approximate surface area is 166 Å². The number of hydrogen-bond acceptors (Lipinski definition) is 5. The minimum absolute atomic E-state index is 0.215. The quantitative estimate of drug-likeness (QED) is 0.609. The van der Waals surface area contributed by atoms with Gasteiger partial charge in [-0.2, -0.15) is 4.98 Å². The van der Waals surface area contributed by atoms with E-state index >= 15 is 0 Å². The molecule has 0 N–H and O–H groups in total. The second-order valence-corrected chi connectivity index (χ2v) is 7.25. The van der Waals surface area contributed by atoms with Gasteiger partial charge in [-0.05, 0) is 31.5 Å². The molecule has 1 aromatic carbocycles. The summed E-state index contributed by atoms with van der Waals surface area (Å²) in [5.41, 5.74) is 2.12. The third kappa shape index (κ3) is 2.84. The molecule has 9 heteroatoms. The zero-order valence-electron chi connectivity index (χ0n) is 16.1. The molecule has 1 aliphatic rings. The molecule has 1 aliphatic heterocycles. The predicted octanol–water partition coefficient (Wildman–Crippen LogP) is 2.05. The summed E-state index contributed by atoms with van der Waals surface area (Å²) in [5.74, 6) is 0.648. The number of halogens is 1. The molecule has 0 bridgehead atoms. The van der Waals surface area contributed by atoms with Crippen LogP contribution in [0.2, 0.25) is 5.02 Å². The molecule has 28 heavy (non-hydrogen) atoms. The third-order valence-electron chi connectivity index (χ3n) is 5.13. The van der Waals surface area contributed by atoms with E-state index in [1.54, 1.807) is 7.05 Å². The fraction of sp³-hybridized carbons (Fsp3) is 0.421. The maximum absolute atomic E-state index is 13.1. The highest BCUT2D eigenvalue weighted by Gasteiger charge is 2.29. The van der Waals surface area contributed by atoms with Gasteiger partial charge in [-0.3, -0.25) is 13.9 Å². The zero-order chi connectivity index (χ0) is 20.0. The van der Waals surface area contributed by atoms with E-state index in [4.69, 9.17) is 16.3 Å². The van der Waals surface area contributed by atoms with Crippen LogP contribution in [0.4, 0.5) is 11.6 Å². The standard InChI is InChI=1S/C19H22ClN5O3/c1-4-28-10-9-25-17(26)15-16(22(3)19(25)27)21-18-23(7-8-24(15)18)14-11-13(20)6-5-12(14)2/h5-6,11H,4,7-10H2,1-3H3. The molecule has 0 saturated carbocycles. The summed E-state index contributed by atoms with van der Waals surface area (Å²) in [5, 5.41) is 0.640. The van der Waals surface area contributed by atoms with Gasteiger partial charge >= 0.3 is 5.69 Å². The average Bonchev–Trinajstić information content (AvgIpc) is 3.24. The van der Waals surface area contributed by atoms with E-state index in [1.807, 2.05) is 41.5 Å². The van der Waals surface area contributed by atoms with Gasteiger partial charge in [0.2, 0.25) is 5.95 Å². The van der Waals surface area contributed by atoms with Crippen molar-refractivity contribution in [3.63, 3.8) is 0 Å². The molecule has 0 spiro atoms. The molecular formula is C19H22ClN5O3. The van der Waals surface area contributed by atoms with Crippen molar-refractivity contribution in [3.8, 4) is 0 Å². The van der Waals surface area contributed by atoms with Crippen molar-refractivity contribution in [1.29, 1.82) is 0 Å². The van der Waals surface area contributed by atoms with E-state index in [9.17, 15) is 9.59 Å². The minimum atomic E-state index is -0.389. The van der Waals surface area contributed by atoms with Gasteiger partial charge in [0.05, 0.1) is 13.2 Å². The Bertz CT molecular complexity index is 1180. The average molecular weight is 404 g/mol. The van der Waals surface area contributed by atoms with Crippen LogP contribution in [0, 0.1) is 6.92 Å². The Balaban J connectivity index is 1.88. The minimum Gasteiger partial charge on any atom is -0.380 e. The SMILES string of the molecule is CCOCCn1c(=O)c2c(nc3n2CCN3c2cc(Cl)ccc2C)n(C)c1=O. The molecule has 148 valence electrons. The highest BCUT2D eigenvalue weighted by atomic mass is 35.5. The number of aryl methyl sites for hydroxylation is 2. The molecule has 0 amide bonds. The summed E-state index contributed by atoms with van der Waals surface area (Å²) in [7, 11) is 1.64. The van der Waals surface area contributed by atoms with Crippen molar-refractivity contribution in [3.05, 3.63) is 49.6 Å². The first-order valence-electron chi connectivity index (χ1n) is 9.25. The number of imidazole rings is 1. The first-order chi connectivity index (χ1) is 13.4. The maximum Gasteiger partial charge on any atom is 0.332 e. The Morgan fingerprint density at radius 1 is 1.25 bits per heavy atom. The number of nitrogens with zero attached hydrogens (tertiary/aromatic N) is 5. The summed E-state index contributed by atoms with van der Waals surface area (Å²) < 4.78 is 9.86. The fourth-order valence-corrected chi connectivity index (χ4v) is 3.84. The van der Waals surface area contributed by atoms with Crippen molar-refractivity contribution in [2.24, 2.45) is 7.05 Å². The number of hydrogen-bond donors (Lipinski definition) is 0. The lowest BCUT2D eigenvalue weighted by molar-refractivity contribution is 0.137. The van der Waals surface area contributed by atoms with Gasteiger partial charge in [0.25, 0.3) is 5.56 Å². The second kappa shape index (κ2) is 7.10. The zero-order valence-corrected chi connectivity index (χ0v) is 16.9. The number of anilines is 2. The monoisotopic (exact) mass is 403 g/mol. The Hall–Kier alpha value is -2.58. The fourth-order valence-electron chi connectivity index (χ4n) is 3.68. The lowest BCUT2D eigenvalue weighted by Gasteiger charge is -2.18. The molecule has 0 fully saturated rings. The van der Waals surface area contributed by atoms with Crippen LogP contribution >= 0.6 is 11.6 Å². The molecule has 8 nitrogen and oxygen atoms in total. The largest absolute Gasteiger partial charge is 0.380 e. The van der Waals surface area contributed by atoms with Crippen LogP contribution in [-0.2, 0) is 24.9 Å². The number of fused-ring (bicyclic) bond motifs is 3. The third-order valence-corrected chi connectivity index (χ3v) is 5.36. The Kier molecular flexibility index (Phi) is 4.76. The number of rotatable bonds is 5. The van der Waals surface area contributed by atoms with E-state index in [-0.39, 0.29) is 17.8 Å². The van der Waals surface area contributed by atoms with Gasteiger partial charge in [0.15, 0.2) is 11.2 Å². The van der Waals surface area contributed by atoms with Crippen molar-refractivity contribution in [2.75, 3.05) is 24.7 Å². The lowest BCUT2D eigenvalue weighted by Crippen LogP contribution is -2.40. The summed E-state index contributed by atoms with van der Waals surface area (Å²) in [6, 6.07) is 5.70. The number of benzene rings is 1. The molecule has 0 aliphatic carbocycles. The Morgan fingerprint density at radius 3 is 2.79 bits per heavy atom. The van der Waals surface area contributed by atoms with E-state index in [1.165, 1.54) is 9.13 Å². The lowest BCUT2D eigenvalue weighted by atomic mass is 10.2. The van der Waals surface area contributed by atoms with Gasteiger partial charge in [-0.15, -0.1) is 0 Å². The smallest absolute Gasteiger partial charge is 0.332 e. The summed E-state index contributed by atoms with van der Waals surface area (Å²) in [6.07, 6.45) is 0. The summed E-state index contributed by atoms with van der Waals surface area (Å²) in [4.78, 5) is 32.4. The molecule has 4 rings (SSSR count). The van der Waals surface area contributed by atoms with Gasteiger partial charge in [0.1, 0.15) is 0 Å². The highest BCUT2D eigenvalue weighted by molar-refractivity contribution is 6.30. The Morgan fingerprint density at radius 2 is 2.04 bits per heavy atom. The highest BCUT2D eigenvalue weighted by Crippen LogP contribution is 2.34. The van der Waals surface area contributed by atoms with Gasteiger partial charge in [-0.25, -0.2) is 4.79 Å². The van der Waals surface area contributed by atoms with Crippen molar-refractivity contribution in [2.45, 2.75) is 26.9 Å². The molecule has 0 radical (unpaired) electrons. The molecular weight excluding hydrogens is 382 g/mol. The number of aromatic nitrogens is 4. The van der Waals surface area contributed by atoms with Crippen molar-refractivity contribution >= 4 is 34.4 Å². The van der Waals surface area contributed by atoms with Crippen molar-refractivity contribution < 1.29 is 4.74 Å². The molecule has 2 aromatic heterocycles. The molecule has 3 heterocycles. The second-order valence-electron chi connectivity index (χ2n) is 6.81. The van der Waals surface area contributed by atoms with Crippen LogP contribution in [0.1, 0.15) is 12.5 Å². The number of ether oxygens (including phenoxy) is 1. The molecule has 3 aromatic rings. The van der Waals surface area contributed by atoms with E-state index in [0.29, 0.717) is 48.4 Å². The first-order valence-corrected chi connectivity index (χ1v) is 9.63. The van der Waals surface area contributed by atoms with E-state index in [2.05, 4.69) is 4.98 Å². The molecule has 0 atom stereocenters. The van der Waals surface area contributed by atoms with Gasteiger partial charge < -0.3 is 14.2 Å². The summed E-state index contributed by atoms with van der Waals surface area (Å²) in [6.45, 7) is 6.23. The normalized spacial score (nSPS) is 13.5.